The fraction of sp³-hybridized carbons (Fsp3) is 0.600. The monoisotopic (exact) mass is 197 g/mol. The lowest BCUT2D eigenvalue weighted by atomic mass is 9.84. The maximum Gasteiger partial charge on any atom is 0.332 e. The van der Waals surface area contributed by atoms with Gasteiger partial charge in [-0.1, -0.05) is 13.0 Å². The van der Waals surface area contributed by atoms with Gasteiger partial charge in [-0.15, -0.1) is 6.58 Å². The summed E-state index contributed by atoms with van der Waals surface area (Å²) in [5.41, 5.74) is -0.895. The van der Waals surface area contributed by atoms with Gasteiger partial charge in [-0.2, -0.15) is 0 Å². The van der Waals surface area contributed by atoms with Crippen molar-refractivity contribution in [3.05, 3.63) is 12.7 Å². The van der Waals surface area contributed by atoms with Crippen molar-refractivity contribution < 1.29 is 14.3 Å². The quantitative estimate of drug-likeness (QED) is 0.533. The summed E-state index contributed by atoms with van der Waals surface area (Å²) in [5, 5.41) is 2.68. The third-order valence-electron chi connectivity index (χ3n) is 2.79. The van der Waals surface area contributed by atoms with Gasteiger partial charge < -0.3 is 10.1 Å². The fourth-order valence-electron chi connectivity index (χ4n) is 1.75. The molecule has 4 nitrogen and oxygen atoms in total. The molecule has 14 heavy (non-hydrogen) atoms. The number of carbonyl (C=O) groups is 2. The number of carbonyl (C=O) groups excluding carboxylic acids is 2. The molecule has 0 aliphatic carbocycles. The average Bonchev–Trinajstić information content (AvgIpc) is 2.59. The fourth-order valence-corrected chi connectivity index (χ4v) is 1.75. The standard InChI is InChI=1S/C10H15NO3/c1-4-7(2)10(9(13)14-3)6-5-8(12)11-10/h4,7H,1,5-6H2,2-3H3,(H,11,12)/t7-,10+/m0/s1. The summed E-state index contributed by atoms with van der Waals surface area (Å²) < 4.78 is 4.71. The highest BCUT2D eigenvalue weighted by molar-refractivity contribution is 5.92. The Morgan fingerprint density at radius 2 is 2.43 bits per heavy atom. The molecular weight excluding hydrogens is 182 g/mol. The summed E-state index contributed by atoms with van der Waals surface area (Å²) in [5.74, 6) is -0.624. The van der Waals surface area contributed by atoms with E-state index in [4.69, 9.17) is 4.74 Å². The maximum atomic E-state index is 11.6. The normalized spacial score (nSPS) is 28.0. The largest absolute Gasteiger partial charge is 0.467 e. The van der Waals surface area contributed by atoms with E-state index in [1.54, 1.807) is 6.08 Å². The summed E-state index contributed by atoms with van der Waals surface area (Å²) in [4.78, 5) is 22.7. The summed E-state index contributed by atoms with van der Waals surface area (Å²) in [6, 6.07) is 0. The van der Waals surface area contributed by atoms with E-state index in [2.05, 4.69) is 11.9 Å². The van der Waals surface area contributed by atoms with Crippen LogP contribution in [0.1, 0.15) is 19.8 Å². The van der Waals surface area contributed by atoms with Crippen molar-refractivity contribution in [3.63, 3.8) is 0 Å². The molecule has 0 aromatic rings. The Balaban J connectivity index is 2.96. The number of hydrogen-bond donors (Lipinski definition) is 1. The summed E-state index contributed by atoms with van der Waals surface area (Å²) in [6.45, 7) is 5.48. The van der Waals surface area contributed by atoms with E-state index in [1.165, 1.54) is 7.11 Å². The van der Waals surface area contributed by atoms with Crippen LogP contribution in [0.4, 0.5) is 0 Å². The molecule has 2 atom stereocenters. The molecule has 0 aromatic heterocycles. The van der Waals surface area contributed by atoms with Crippen molar-refractivity contribution in [2.45, 2.75) is 25.3 Å². The highest BCUT2D eigenvalue weighted by Gasteiger charge is 2.48. The second-order valence-corrected chi connectivity index (χ2v) is 3.54. The first-order chi connectivity index (χ1) is 6.56. The third-order valence-corrected chi connectivity index (χ3v) is 2.79. The number of esters is 1. The smallest absolute Gasteiger partial charge is 0.332 e. The minimum absolute atomic E-state index is 0.107. The highest BCUT2D eigenvalue weighted by atomic mass is 16.5. The predicted molar refractivity (Wildman–Crippen MR) is 51.5 cm³/mol. The van der Waals surface area contributed by atoms with Crippen molar-refractivity contribution in [3.8, 4) is 0 Å². The van der Waals surface area contributed by atoms with Gasteiger partial charge in [0.15, 0.2) is 0 Å². The first kappa shape index (κ1) is 10.8. The number of amides is 1. The predicted octanol–water partition coefficient (Wildman–Crippen LogP) is 0.630. The van der Waals surface area contributed by atoms with Crippen LogP contribution in [0.25, 0.3) is 0 Å². The first-order valence-electron chi connectivity index (χ1n) is 4.59. The van der Waals surface area contributed by atoms with Gasteiger partial charge in [0, 0.05) is 12.3 Å². The first-order valence-corrected chi connectivity index (χ1v) is 4.59. The second-order valence-electron chi connectivity index (χ2n) is 3.54. The van der Waals surface area contributed by atoms with Crippen LogP contribution in [0.5, 0.6) is 0 Å². The number of rotatable bonds is 3. The Morgan fingerprint density at radius 1 is 1.79 bits per heavy atom. The van der Waals surface area contributed by atoms with Crippen molar-refractivity contribution in [2.75, 3.05) is 7.11 Å². The SMILES string of the molecule is C=C[C@H](C)[C@@]1(C(=O)OC)CCC(=O)N1. The van der Waals surface area contributed by atoms with Crippen LogP contribution < -0.4 is 5.32 Å². The third kappa shape index (κ3) is 1.52. The van der Waals surface area contributed by atoms with Gasteiger partial charge in [-0.3, -0.25) is 4.79 Å². The van der Waals surface area contributed by atoms with Crippen molar-refractivity contribution >= 4 is 11.9 Å². The number of methoxy groups -OCH3 is 1. The molecule has 1 heterocycles. The molecule has 1 saturated heterocycles. The van der Waals surface area contributed by atoms with Crippen LogP contribution in [0.3, 0.4) is 0 Å². The van der Waals surface area contributed by atoms with Gasteiger partial charge in [0.1, 0.15) is 5.54 Å². The van der Waals surface area contributed by atoms with Gasteiger partial charge in [0.2, 0.25) is 5.91 Å². The molecule has 1 amide bonds. The van der Waals surface area contributed by atoms with Crippen LogP contribution in [0, 0.1) is 5.92 Å². The van der Waals surface area contributed by atoms with Crippen LogP contribution in [-0.2, 0) is 14.3 Å². The van der Waals surface area contributed by atoms with Gasteiger partial charge in [-0.25, -0.2) is 4.79 Å². The molecule has 1 fully saturated rings. The van der Waals surface area contributed by atoms with E-state index < -0.39 is 11.5 Å². The minimum atomic E-state index is -0.895. The topological polar surface area (TPSA) is 55.4 Å². The Labute approximate surface area is 83.3 Å². The van der Waals surface area contributed by atoms with E-state index >= 15 is 0 Å². The van der Waals surface area contributed by atoms with E-state index in [-0.39, 0.29) is 11.8 Å². The van der Waals surface area contributed by atoms with E-state index in [0.29, 0.717) is 12.8 Å². The van der Waals surface area contributed by atoms with Gasteiger partial charge in [-0.05, 0) is 6.42 Å². The van der Waals surface area contributed by atoms with Crippen molar-refractivity contribution in [1.82, 2.24) is 5.32 Å². The Kier molecular flexibility index (Phi) is 2.93. The van der Waals surface area contributed by atoms with Crippen molar-refractivity contribution in [1.29, 1.82) is 0 Å². The highest BCUT2D eigenvalue weighted by Crippen LogP contribution is 2.30. The molecule has 0 saturated carbocycles. The van der Waals surface area contributed by atoms with Gasteiger partial charge in [0.05, 0.1) is 7.11 Å². The summed E-state index contributed by atoms with van der Waals surface area (Å²) in [7, 11) is 1.32. The number of hydrogen-bond acceptors (Lipinski definition) is 3. The zero-order valence-electron chi connectivity index (χ0n) is 8.50. The van der Waals surface area contributed by atoms with Crippen LogP contribution >= 0.6 is 0 Å². The molecular formula is C10H15NO3. The summed E-state index contributed by atoms with van der Waals surface area (Å²) in [6.07, 6.45) is 2.50. The zero-order chi connectivity index (χ0) is 10.8. The Hall–Kier alpha value is -1.32. The Morgan fingerprint density at radius 3 is 2.79 bits per heavy atom. The maximum absolute atomic E-state index is 11.6. The van der Waals surface area contributed by atoms with Gasteiger partial charge >= 0.3 is 5.97 Å². The molecule has 0 aromatic carbocycles. The second kappa shape index (κ2) is 3.82. The molecule has 0 bridgehead atoms. The van der Waals surface area contributed by atoms with E-state index in [1.807, 2.05) is 6.92 Å². The lowest BCUT2D eigenvalue weighted by Crippen LogP contribution is -2.53. The molecule has 4 heteroatoms. The molecule has 1 aliphatic heterocycles. The average molecular weight is 197 g/mol. The van der Waals surface area contributed by atoms with Gasteiger partial charge in [0.25, 0.3) is 0 Å². The van der Waals surface area contributed by atoms with Crippen LogP contribution in [0.15, 0.2) is 12.7 Å². The minimum Gasteiger partial charge on any atom is -0.467 e. The number of nitrogens with one attached hydrogen (secondary N) is 1. The lowest BCUT2D eigenvalue weighted by molar-refractivity contribution is -0.150. The van der Waals surface area contributed by atoms with Crippen LogP contribution in [-0.4, -0.2) is 24.5 Å². The Bertz CT molecular complexity index is 275. The van der Waals surface area contributed by atoms with Crippen molar-refractivity contribution in [2.24, 2.45) is 5.92 Å². The lowest BCUT2D eigenvalue weighted by Gasteiger charge is -2.30. The molecule has 0 spiro atoms. The molecule has 0 unspecified atom stereocenters. The molecule has 1 aliphatic rings. The molecule has 1 N–H and O–H groups in total. The number of ether oxygens (including phenoxy) is 1. The van der Waals surface area contributed by atoms with E-state index in [0.717, 1.165) is 0 Å². The van der Waals surface area contributed by atoms with E-state index in [9.17, 15) is 9.59 Å². The zero-order valence-corrected chi connectivity index (χ0v) is 8.50. The summed E-state index contributed by atoms with van der Waals surface area (Å²) >= 11 is 0. The molecule has 78 valence electrons. The molecule has 1 rings (SSSR count). The molecule has 0 radical (unpaired) electrons. The van der Waals surface area contributed by atoms with Crippen LogP contribution in [0.2, 0.25) is 0 Å².